The van der Waals surface area contributed by atoms with Crippen LogP contribution in [0.25, 0.3) is 0 Å². The summed E-state index contributed by atoms with van der Waals surface area (Å²) in [7, 11) is 0. The van der Waals surface area contributed by atoms with Gasteiger partial charge in [0.05, 0.1) is 19.3 Å². The number of carbonyl (C=O) groups is 1. The number of ether oxygens (including phenoxy) is 1. The number of nitrogens with one attached hydrogen (secondary N) is 2. The van der Waals surface area contributed by atoms with Gasteiger partial charge >= 0.3 is 0 Å². The normalized spacial score (nSPS) is 16.9. The minimum Gasteiger partial charge on any atom is -0.379 e. The summed E-state index contributed by atoms with van der Waals surface area (Å²) in [4.78, 5) is 26.7. The highest BCUT2D eigenvalue weighted by Crippen LogP contribution is 2.25. The maximum absolute atomic E-state index is 12.2. The minimum atomic E-state index is -0.327. The van der Waals surface area contributed by atoms with Crippen LogP contribution in [0.4, 0.5) is 0 Å². The molecule has 1 aliphatic heterocycles. The lowest BCUT2D eigenvalue weighted by atomic mass is 10.2. The Kier molecular flexibility index (Phi) is 5.16. The summed E-state index contributed by atoms with van der Waals surface area (Å²) in [5.41, 5.74) is -0.122. The number of hydrogen-bond donors (Lipinski definition) is 2. The van der Waals surface area contributed by atoms with E-state index >= 15 is 0 Å². The third kappa shape index (κ3) is 4.04. The zero-order valence-corrected chi connectivity index (χ0v) is 13.3. The number of nitrogens with zero attached hydrogens (tertiary/aromatic N) is 2. The molecule has 0 radical (unpaired) electrons. The first-order valence-electron chi connectivity index (χ1n) is 7.43. The number of H-pyrrole nitrogens is 1. The molecule has 2 aromatic heterocycles. The number of hydrogen-bond acceptors (Lipinski definition) is 6. The summed E-state index contributed by atoms with van der Waals surface area (Å²) in [5, 5.41) is 11.0. The molecule has 0 aromatic carbocycles. The van der Waals surface area contributed by atoms with Crippen molar-refractivity contribution in [3.63, 3.8) is 0 Å². The number of carbonyl (C=O) groups excluding carboxylic acids is 1. The van der Waals surface area contributed by atoms with Crippen molar-refractivity contribution >= 4 is 17.2 Å². The van der Waals surface area contributed by atoms with Crippen LogP contribution in [0.5, 0.6) is 0 Å². The van der Waals surface area contributed by atoms with Crippen molar-refractivity contribution in [3.8, 4) is 0 Å². The van der Waals surface area contributed by atoms with E-state index in [1.807, 2.05) is 11.4 Å². The third-order valence-corrected chi connectivity index (χ3v) is 4.70. The molecule has 2 N–H and O–H groups in total. The van der Waals surface area contributed by atoms with E-state index in [1.165, 1.54) is 17.0 Å². The van der Waals surface area contributed by atoms with Gasteiger partial charge in [-0.25, -0.2) is 5.10 Å². The summed E-state index contributed by atoms with van der Waals surface area (Å²) in [6.45, 7) is 3.58. The number of rotatable bonds is 5. The maximum Gasteiger partial charge on any atom is 0.271 e. The molecule has 7 nitrogen and oxygen atoms in total. The zero-order valence-electron chi connectivity index (χ0n) is 12.5. The predicted molar refractivity (Wildman–Crippen MR) is 86.6 cm³/mol. The summed E-state index contributed by atoms with van der Waals surface area (Å²) in [5.74, 6) is -0.295. The Morgan fingerprint density at radius 1 is 1.39 bits per heavy atom. The summed E-state index contributed by atoms with van der Waals surface area (Å²) >= 11 is 1.68. The van der Waals surface area contributed by atoms with Gasteiger partial charge in [-0.3, -0.25) is 14.5 Å². The van der Waals surface area contributed by atoms with Gasteiger partial charge in [-0.1, -0.05) is 6.07 Å². The molecule has 0 spiro atoms. The van der Waals surface area contributed by atoms with Gasteiger partial charge in [0.1, 0.15) is 5.69 Å². The number of aromatic nitrogens is 2. The molecule has 8 heteroatoms. The van der Waals surface area contributed by atoms with Crippen LogP contribution in [0.3, 0.4) is 0 Å². The third-order valence-electron chi connectivity index (χ3n) is 3.73. The Morgan fingerprint density at radius 3 is 2.87 bits per heavy atom. The Hall–Kier alpha value is -2.03. The van der Waals surface area contributed by atoms with Crippen LogP contribution in [-0.2, 0) is 4.74 Å². The molecule has 1 fully saturated rings. The number of amides is 1. The van der Waals surface area contributed by atoms with Gasteiger partial charge in [0.15, 0.2) is 0 Å². The predicted octanol–water partition coefficient (Wildman–Crippen LogP) is 0.635. The van der Waals surface area contributed by atoms with Crippen LogP contribution in [-0.4, -0.2) is 53.9 Å². The van der Waals surface area contributed by atoms with E-state index < -0.39 is 0 Å². The number of morpholine rings is 1. The lowest BCUT2D eigenvalue weighted by Crippen LogP contribution is -2.43. The molecule has 122 valence electrons. The van der Waals surface area contributed by atoms with Crippen LogP contribution in [0, 0.1) is 0 Å². The van der Waals surface area contributed by atoms with Crippen molar-refractivity contribution in [2.75, 3.05) is 32.8 Å². The Balaban J connectivity index is 1.67. The average Bonchev–Trinajstić information content (AvgIpc) is 3.11. The summed E-state index contributed by atoms with van der Waals surface area (Å²) < 4.78 is 5.40. The van der Waals surface area contributed by atoms with E-state index in [4.69, 9.17) is 4.74 Å². The fourth-order valence-electron chi connectivity index (χ4n) is 2.53. The molecule has 23 heavy (non-hydrogen) atoms. The first-order valence-corrected chi connectivity index (χ1v) is 8.31. The standard InChI is InChI=1S/C15H18N4O3S/c20-14-4-3-11(17-18-14)15(21)16-10-12(13-2-1-9-23-13)19-5-7-22-8-6-19/h1-4,9,12H,5-8,10H2,(H,16,21)(H,18,20). The molecule has 1 aliphatic rings. The topological polar surface area (TPSA) is 87.3 Å². The van der Waals surface area contributed by atoms with Gasteiger partial charge in [0.2, 0.25) is 0 Å². The summed E-state index contributed by atoms with van der Waals surface area (Å²) in [6.07, 6.45) is 0. The SMILES string of the molecule is O=C(NCC(c1cccs1)N1CCOCC1)c1ccc(=O)[nH]n1. The highest BCUT2D eigenvalue weighted by molar-refractivity contribution is 7.10. The van der Waals surface area contributed by atoms with Crippen LogP contribution in [0.2, 0.25) is 0 Å². The van der Waals surface area contributed by atoms with Crippen molar-refractivity contribution in [1.82, 2.24) is 20.4 Å². The summed E-state index contributed by atoms with van der Waals surface area (Å²) in [6, 6.07) is 6.92. The molecular formula is C15H18N4O3S. The Morgan fingerprint density at radius 2 is 2.22 bits per heavy atom. The van der Waals surface area contributed by atoms with Crippen LogP contribution >= 0.6 is 11.3 Å². The van der Waals surface area contributed by atoms with Crippen molar-refractivity contribution < 1.29 is 9.53 Å². The van der Waals surface area contributed by atoms with Gasteiger partial charge in [-0.15, -0.1) is 11.3 Å². The Labute approximate surface area is 137 Å². The fourth-order valence-corrected chi connectivity index (χ4v) is 3.39. The van der Waals surface area contributed by atoms with E-state index in [2.05, 4.69) is 26.5 Å². The van der Waals surface area contributed by atoms with Gasteiger partial charge in [0.25, 0.3) is 11.5 Å². The Bertz CT molecular complexity index is 675. The highest BCUT2D eigenvalue weighted by atomic mass is 32.1. The van der Waals surface area contributed by atoms with Crippen molar-refractivity contribution in [2.24, 2.45) is 0 Å². The van der Waals surface area contributed by atoms with Crippen LogP contribution in [0.15, 0.2) is 34.4 Å². The molecule has 1 saturated heterocycles. The molecule has 1 atom stereocenters. The van der Waals surface area contributed by atoms with E-state index in [0.717, 1.165) is 13.1 Å². The largest absolute Gasteiger partial charge is 0.379 e. The maximum atomic E-state index is 12.2. The number of thiophene rings is 1. The molecule has 1 unspecified atom stereocenters. The molecule has 0 saturated carbocycles. The van der Waals surface area contributed by atoms with E-state index in [0.29, 0.717) is 19.8 Å². The van der Waals surface area contributed by atoms with Crippen LogP contribution in [0.1, 0.15) is 21.4 Å². The first kappa shape index (κ1) is 15.9. The lowest BCUT2D eigenvalue weighted by Gasteiger charge is -2.34. The van der Waals surface area contributed by atoms with Crippen molar-refractivity contribution in [3.05, 3.63) is 50.6 Å². The highest BCUT2D eigenvalue weighted by Gasteiger charge is 2.24. The molecule has 3 rings (SSSR count). The smallest absolute Gasteiger partial charge is 0.271 e. The monoisotopic (exact) mass is 334 g/mol. The van der Waals surface area contributed by atoms with E-state index in [9.17, 15) is 9.59 Å². The quantitative estimate of drug-likeness (QED) is 0.838. The van der Waals surface area contributed by atoms with Crippen molar-refractivity contribution in [1.29, 1.82) is 0 Å². The number of aromatic amines is 1. The first-order chi connectivity index (χ1) is 11.2. The van der Waals surface area contributed by atoms with Gasteiger partial charge in [0, 0.05) is 30.6 Å². The fraction of sp³-hybridized carbons (Fsp3) is 0.400. The molecule has 1 amide bonds. The molecule has 0 aliphatic carbocycles. The van der Waals surface area contributed by atoms with Crippen molar-refractivity contribution in [2.45, 2.75) is 6.04 Å². The second-order valence-corrected chi connectivity index (χ2v) is 6.18. The second kappa shape index (κ2) is 7.49. The zero-order chi connectivity index (χ0) is 16.1. The minimum absolute atomic E-state index is 0.116. The van der Waals surface area contributed by atoms with Gasteiger partial charge < -0.3 is 10.1 Å². The molecule has 0 bridgehead atoms. The van der Waals surface area contributed by atoms with Crippen LogP contribution < -0.4 is 10.9 Å². The molecular weight excluding hydrogens is 316 g/mol. The second-order valence-electron chi connectivity index (χ2n) is 5.20. The lowest BCUT2D eigenvalue weighted by molar-refractivity contribution is 0.0169. The van der Waals surface area contributed by atoms with Gasteiger partial charge in [-0.05, 0) is 17.5 Å². The van der Waals surface area contributed by atoms with E-state index in [1.54, 1.807) is 11.3 Å². The molecule has 3 heterocycles. The van der Waals surface area contributed by atoms with Gasteiger partial charge in [-0.2, -0.15) is 5.10 Å². The average molecular weight is 334 g/mol. The van der Waals surface area contributed by atoms with E-state index in [-0.39, 0.29) is 23.2 Å². The molecule has 2 aromatic rings.